The summed E-state index contributed by atoms with van der Waals surface area (Å²) in [5.74, 6) is 0.427. The Labute approximate surface area is 166 Å². The van der Waals surface area contributed by atoms with E-state index in [2.05, 4.69) is 42.8 Å². The fraction of sp³-hybridized carbons (Fsp3) is 0.286. The molecule has 0 bridgehead atoms. The molecule has 0 saturated carbocycles. The summed E-state index contributed by atoms with van der Waals surface area (Å²) in [5, 5.41) is 1.36. The van der Waals surface area contributed by atoms with E-state index in [1.165, 1.54) is 11.1 Å². The van der Waals surface area contributed by atoms with Gasteiger partial charge in [-0.2, -0.15) is 0 Å². The van der Waals surface area contributed by atoms with E-state index in [9.17, 15) is 4.79 Å². The topological polar surface area (TPSA) is 39.4 Å². The van der Waals surface area contributed by atoms with Gasteiger partial charge in [-0.25, -0.2) is 0 Å². The van der Waals surface area contributed by atoms with Crippen LogP contribution >= 0.6 is 27.5 Å². The standard InChI is InChI=1S/C21H20BrClO3/c1-11(2)16-9-17-14(10-25-19(17)6-12(16)3)7-20(24)26-21-13(4)5-15(22)8-18(21)23/h5-6,8-11H,7H2,1-4H3. The van der Waals surface area contributed by atoms with Gasteiger partial charge in [-0.3, -0.25) is 4.79 Å². The average Bonchev–Trinajstić information content (AvgIpc) is 2.91. The van der Waals surface area contributed by atoms with Crippen molar-refractivity contribution in [3.05, 3.63) is 62.3 Å². The minimum Gasteiger partial charge on any atom is -0.464 e. The van der Waals surface area contributed by atoms with Gasteiger partial charge in [0.15, 0.2) is 5.75 Å². The van der Waals surface area contributed by atoms with E-state index in [-0.39, 0.29) is 12.4 Å². The van der Waals surface area contributed by atoms with Crippen LogP contribution in [-0.4, -0.2) is 5.97 Å². The van der Waals surface area contributed by atoms with Crippen LogP contribution in [0.4, 0.5) is 0 Å². The largest absolute Gasteiger partial charge is 0.464 e. The Morgan fingerprint density at radius 2 is 1.92 bits per heavy atom. The number of carbonyl (C=O) groups excluding carboxylic acids is 1. The molecule has 0 amide bonds. The third-order valence-electron chi connectivity index (χ3n) is 4.41. The number of halogens is 2. The van der Waals surface area contributed by atoms with Crippen molar-refractivity contribution in [3.63, 3.8) is 0 Å². The quantitative estimate of drug-likeness (QED) is 0.336. The Morgan fingerprint density at radius 3 is 2.58 bits per heavy atom. The van der Waals surface area contributed by atoms with E-state index in [4.69, 9.17) is 20.8 Å². The molecule has 0 aliphatic heterocycles. The number of benzene rings is 2. The lowest BCUT2D eigenvalue weighted by molar-refractivity contribution is -0.133. The molecule has 5 heteroatoms. The van der Waals surface area contributed by atoms with Crippen LogP contribution < -0.4 is 4.74 Å². The van der Waals surface area contributed by atoms with E-state index >= 15 is 0 Å². The summed E-state index contributed by atoms with van der Waals surface area (Å²) in [6.07, 6.45) is 1.75. The number of furan rings is 1. The highest BCUT2D eigenvalue weighted by Gasteiger charge is 2.17. The van der Waals surface area contributed by atoms with Gasteiger partial charge in [-0.15, -0.1) is 0 Å². The monoisotopic (exact) mass is 434 g/mol. The van der Waals surface area contributed by atoms with Crippen LogP contribution in [0.25, 0.3) is 11.0 Å². The Kier molecular flexibility index (Phi) is 5.44. The van der Waals surface area contributed by atoms with Gasteiger partial charge < -0.3 is 9.15 Å². The van der Waals surface area contributed by atoms with E-state index in [0.29, 0.717) is 16.7 Å². The van der Waals surface area contributed by atoms with E-state index < -0.39 is 0 Å². The van der Waals surface area contributed by atoms with Crippen molar-refractivity contribution >= 4 is 44.5 Å². The Morgan fingerprint density at radius 1 is 1.19 bits per heavy atom. The average molecular weight is 436 g/mol. The smallest absolute Gasteiger partial charge is 0.315 e. The molecule has 0 unspecified atom stereocenters. The van der Waals surface area contributed by atoms with Crippen LogP contribution in [-0.2, 0) is 11.2 Å². The van der Waals surface area contributed by atoms with E-state index in [1.807, 2.05) is 19.1 Å². The van der Waals surface area contributed by atoms with Crippen molar-refractivity contribution in [3.8, 4) is 5.75 Å². The molecule has 0 saturated heterocycles. The Bertz CT molecular complexity index is 965. The second-order valence-electron chi connectivity index (χ2n) is 6.81. The number of hydrogen-bond acceptors (Lipinski definition) is 3. The van der Waals surface area contributed by atoms with Crippen molar-refractivity contribution in [2.45, 2.75) is 40.0 Å². The van der Waals surface area contributed by atoms with Gasteiger partial charge in [-0.05, 0) is 60.7 Å². The summed E-state index contributed by atoms with van der Waals surface area (Å²) >= 11 is 9.58. The fourth-order valence-corrected chi connectivity index (χ4v) is 4.14. The molecule has 3 nitrogen and oxygen atoms in total. The molecule has 0 N–H and O–H groups in total. The number of carbonyl (C=O) groups is 1. The van der Waals surface area contributed by atoms with Crippen molar-refractivity contribution in [1.29, 1.82) is 0 Å². The molecule has 3 rings (SSSR count). The molecule has 26 heavy (non-hydrogen) atoms. The van der Waals surface area contributed by atoms with Crippen molar-refractivity contribution < 1.29 is 13.9 Å². The van der Waals surface area contributed by atoms with Crippen LogP contribution in [0.2, 0.25) is 5.02 Å². The highest BCUT2D eigenvalue weighted by molar-refractivity contribution is 9.10. The number of fused-ring (bicyclic) bond motifs is 1. The maximum absolute atomic E-state index is 12.5. The number of esters is 1. The van der Waals surface area contributed by atoms with Crippen molar-refractivity contribution in [2.24, 2.45) is 0 Å². The van der Waals surface area contributed by atoms with Crippen molar-refractivity contribution in [1.82, 2.24) is 0 Å². The van der Waals surface area contributed by atoms with Gasteiger partial charge in [0.2, 0.25) is 0 Å². The lowest BCUT2D eigenvalue weighted by Crippen LogP contribution is -2.12. The molecule has 0 aliphatic rings. The molecular weight excluding hydrogens is 416 g/mol. The first-order valence-corrected chi connectivity index (χ1v) is 9.60. The molecule has 2 aromatic carbocycles. The highest BCUT2D eigenvalue weighted by Crippen LogP contribution is 2.33. The van der Waals surface area contributed by atoms with E-state index in [0.717, 1.165) is 26.6 Å². The number of rotatable bonds is 4. The zero-order valence-corrected chi connectivity index (χ0v) is 17.5. The maximum Gasteiger partial charge on any atom is 0.315 e. The summed E-state index contributed by atoms with van der Waals surface area (Å²) in [6, 6.07) is 7.70. The molecule has 1 aromatic heterocycles. The minimum atomic E-state index is -0.369. The second-order valence-corrected chi connectivity index (χ2v) is 8.13. The summed E-state index contributed by atoms with van der Waals surface area (Å²) < 4.78 is 12.0. The summed E-state index contributed by atoms with van der Waals surface area (Å²) in [7, 11) is 0. The predicted molar refractivity (Wildman–Crippen MR) is 108 cm³/mol. The normalized spacial score (nSPS) is 11.3. The summed E-state index contributed by atoms with van der Waals surface area (Å²) in [6.45, 7) is 8.23. The molecule has 0 spiro atoms. The zero-order valence-electron chi connectivity index (χ0n) is 15.2. The van der Waals surface area contributed by atoms with E-state index in [1.54, 1.807) is 12.3 Å². The zero-order chi connectivity index (χ0) is 19.0. The summed E-state index contributed by atoms with van der Waals surface area (Å²) in [4.78, 5) is 12.5. The van der Waals surface area contributed by atoms with Gasteiger partial charge in [0.25, 0.3) is 0 Å². The highest BCUT2D eigenvalue weighted by atomic mass is 79.9. The first-order valence-electron chi connectivity index (χ1n) is 8.43. The van der Waals surface area contributed by atoms with Crippen LogP contribution in [0.1, 0.15) is 42.0 Å². The molecule has 0 fully saturated rings. The molecule has 3 aromatic rings. The lowest BCUT2D eigenvalue weighted by Gasteiger charge is -2.11. The minimum absolute atomic E-state index is 0.124. The van der Waals surface area contributed by atoms with Crippen LogP contribution in [0, 0.1) is 13.8 Å². The Balaban J connectivity index is 1.87. The molecule has 1 heterocycles. The number of hydrogen-bond donors (Lipinski definition) is 0. The Hall–Kier alpha value is -1.78. The molecule has 0 radical (unpaired) electrons. The van der Waals surface area contributed by atoms with Gasteiger partial charge in [0, 0.05) is 15.4 Å². The SMILES string of the molecule is Cc1cc2occ(CC(=O)Oc3c(C)cc(Br)cc3Cl)c2cc1C(C)C. The van der Waals surface area contributed by atoms with Gasteiger partial charge in [-0.1, -0.05) is 41.4 Å². The maximum atomic E-state index is 12.5. The molecule has 0 atom stereocenters. The molecule has 0 aliphatic carbocycles. The fourth-order valence-electron chi connectivity index (χ4n) is 3.13. The predicted octanol–water partition coefficient (Wildman–Crippen LogP) is 6.74. The molecule has 136 valence electrons. The first-order chi connectivity index (χ1) is 12.3. The first kappa shape index (κ1) is 19.0. The number of aryl methyl sites for hydroxylation is 2. The molecular formula is C21H20BrClO3. The van der Waals surface area contributed by atoms with Gasteiger partial charge >= 0.3 is 5.97 Å². The summed E-state index contributed by atoms with van der Waals surface area (Å²) in [5.41, 5.74) is 4.84. The van der Waals surface area contributed by atoms with Gasteiger partial charge in [0.1, 0.15) is 5.58 Å². The third kappa shape index (κ3) is 3.81. The second kappa shape index (κ2) is 7.45. The number of ether oxygens (including phenoxy) is 1. The van der Waals surface area contributed by atoms with Crippen LogP contribution in [0.3, 0.4) is 0 Å². The van der Waals surface area contributed by atoms with Gasteiger partial charge in [0.05, 0.1) is 17.7 Å². The van der Waals surface area contributed by atoms with Crippen LogP contribution in [0.15, 0.2) is 39.4 Å². The third-order valence-corrected chi connectivity index (χ3v) is 5.15. The lowest BCUT2D eigenvalue weighted by atomic mass is 9.95. The van der Waals surface area contributed by atoms with Crippen LogP contribution in [0.5, 0.6) is 5.75 Å². The van der Waals surface area contributed by atoms with Crippen molar-refractivity contribution in [2.75, 3.05) is 0 Å².